The smallest absolute Gasteiger partial charge is 0.338 e. The highest BCUT2D eigenvalue weighted by atomic mass is 16.9. The zero-order valence-corrected chi connectivity index (χ0v) is 18.4. The number of hydroxylamine groups is 1. The van der Waals surface area contributed by atoms with E-state index in [1.54, 1.807) is 7.11 Å². The summed E-state index contributed by atoms with van der Waals surface area (Å²) in [7, 11) is 1.60. The van der Waals surface area contributed by atoms with E-state index in [0.29, 0.717) is 6.54 Å². The van der Waals surface area contributed by atoms with Gasteiger partial charge in [-0.25, -0.2) is 10.3 Å². The van der Waals surface area contributed by atoms with Crippen LogP contribution in [0.3, 0.4) is 0 Å². The summed E-state index contributed by atoms with van der Waals surface area (Å²) in [4.78, 5) is 17.5. The van der Waals surface area contributed by atoms with Crippen LogP contribution in [0, 0.1) is 0 Å². The molecule has 172 valence electrons. The first-order chi connectivity index (χ1) is 14.6. The summed E-state index contributed by atoms with van der Waals surface area (Å²) in [5.41, 5.74) is 3.31. The number of carbonyl (C=O) groups excluding carboxylic acids is 1. The number of methoxy groups -OCH3 is 1. The Balaban J connectivity index is 1.28. The van der Waals surface area contributed by atoms with Gasteiger partial charge in [-0.05, 0) is 45.4 Å². The molecule has 0 saturated carbocycles. The molecule has 3 aliphatic rings. The Hall–Kier alpha value is -1.95. The molecule has 2 N–H and O–H groups in total. The van der Waals surface area contributed by atoms with Crippen molar-refractivity contribution >= 4 is 6.03 Å². The zero-order valence-electron chi connectivity index (χ0n) is 18.4. The van der Waals surface area contributed by atoms with E-state index < -0.39 is 41.7 Å². The van der Waals surface area contributed by atoms with Crippen LogP contribution in [0.15, 0.2) is 24.3 Å². The van der Waals surface area contributed by atoms with Gasteiger partial charge in [-0.2, -0.15) is 0 Å². The predicted octanol–water partition coefficient (Wildman–Crippen LogP) is 1.82. The molecule has 2 amide bonds. The van der Waals surface area contributed by atoms with E-state index in [4.69, 9.17) is 33.3 Å². The number of fused-ring (bicyclic) bond motifs is 2. The second kappa shape index (κ2) is 8.19. The molecule has 1 spiro atoms. The normalized spacial score (nSPS) is 32.7. The number of hydrogen-bond acceptors (Lipinski definition) is 8. The third kappa shape index (κ3) is 4.79. The molecule has 0 bridgehead atoms. The molecule has 4 atom stereocenters. The molecule has 31 heavy (non-hydrogen) atoms. The number of benzene rings is 1. The molecule has 1 aromatic rings. The number of urea groups is 1. The van der Waals surface area contributed by atoms with Gasteiger partial charge < -0.3 is 33.7 Å². The van der Waals surface area contributed by atoms with Crippen LogP contribution in [-0.2, 0) is 35.1 Å². The number of amides is 2. The van der Waals surface area contributed by atoms with Crippen molar-refractivity contribution in [2.75, 3.05) is 20.3 Å². The van der Waals surface area contributed by atoms with Crippen LogP contribution >= 0.6 is 0 Å². The molecule has 3 heterocycles. The van der Waals surface area contributed by atoms with E-state index >= 15 is 0 Å². The maximum atomic E-state index is 12.1. The van der Waals surface area contributed by atoms with Crippen LogP contribution in [0.5, 0.6) is 5.75 Å². The second-order valence-electron chi connectivity index (χ2n) is 8.72. The summed E-state index contributed by atoms with van der Waals surface area (Å²) in [5.74, 6) is -1.91. The lowest BCUT2D eigenvalue weighted by atomic mass is 10.1. The summed E-state index contributed by atoms with van der Waals surface area (Å²) in [5, 5.41) is 2.72. The minimum Gasteiger partial charge on any atom is -0.497 e. The lowest BCUT2D eigenvalue weighted by molar-refractivity contribution is -0.299. The summed E-state index contributed by atoms with van der Waals surface area (Å²) in [6.07, 6.45) is -1.40. The Morgan fingerprint density at radius 3 is 2.48 bits per heavy atom. The third-order valence-corrected chi connectivity index (χ3v) is 5.34. The lowest BCUT2D eigenvalue weighted by Crippen LogP contribution is -2.46. The molecule has 0 radical (unpaired) electrons. The van der Waals surface area contributed by atoms with Crippen molar-refractivity contribution in [1.82, 2.24) is 10.8 Å². The van der Waals surface area contributed by atoms with E-state index in [1.165, 1.54) is 0 Å². The molecule has 3 aliphatic heterocycles. The van der Waals surface area contributed by atoms with Crippen molar-refractivity contribution < 1.29 is 38.1 Å². The van der Waals surface area contributed by atoms with E-state index in [2.05, 4.69) is 10.8 Å². The summed E-state index contributed by atoms with van der Waals surface area (Å²) in [6, 6.07) is 6.93. The van der Waals surface area contributed by atoms with E-state index in [1.807, 2.05) is 52.0 Å². The highest BCUT2D eigenvalue weighted by molar-refractivity contribution is 5.72. The largest absolute Gasteiger partial charge is 0.497 e. The Kier molecular flexibility index (Phi) is 5.88. The van der Waals surface area contributed by atoms with Gasteiger partial charge >= 0.3 is 6.03 Å². The average Bonchev–Trinajstić information content (AvgIpc) is 3.30. The molecule has 3 saturated heterocycles. The molecule has 0 unspecified atom stereocenters. The molecule has 0 aliphatic carbocycles. The van der Waals surface area contributed by atoms with Crippen LogP contribution in [0.4, 0.5) is 4.79 Å². The standard InChI is InChI=1S/C21H30N2O8/c1-19(2)26-12-21(31-19)17-16(29-20(3,4)30-17)15(28-21)11-27-23-18(24)22-10-13-6-8-14(25-5)9-7-13/h6-9,15-17H,10-12H2,1-5H3,(H2,22,23,24)/t15-,16-,17-,21+/m1/s1. The van der Waals surface area contributed by atoms with Crippen molar-refractivity contribution in [1.29, 1.82) is 0 Å². The van der Waals surface area contributed by atoms with Gasteiger partial charge in [0.25, 0.3) is 0 Å². The Morgan fingerprint density at radius 2 is 1.84 bits per heavy atom. The van der Waals surface area contributed by atoms with Gasteiger partial charge in [-0.3, -0.25) is 4.84 Å². The molecule has 4 rings (SSSR count). The van der Waals surface area contributed by atoms with Crippen molar-refractivity contribution in [3.63, 3.8) is 0 Å². The summed E-state index contributed by atoms with van der Waals surface area (Å²) in [6.45, 7) is 7.93. The fraction of sp³-hybridized carbons (Fsp3) is 0.667. The van der Waals surface area contributed by atoms with E-state index in [-0.39, 0.29) is 13.2 Å². The van der Waals surface area contributed by atoms with Gasteiger partial charge in [0.05, 0.1) is 7.11 Å². The topological polar surface area (TPSA) is 106 Å². The van der Waals surface area contributed by atoms with E-state index in [9.17, 15) is 4.79 Å². The minimum atomic E-state index is -1.08. The Morgan fingerprint density at radius 1 is 1.10 bits per heavy atom. The first-order valence-electron chi connectivity index (χ1n) is 10.3. The molecule has 3 fully saturated rings. The van der Waals surface area contributed by atoms with Gasteiger partial charge in [-0.15, -0.1) is 0 Å². The fourth-order valence-electron chi connectivity index (χ4n) is 4.02. The minimum absolute atomic E-state index is 0.0576. The van der Waals surface area contributed by atoms with Crippen LogP contribution in [-0.4, -0.2) is 62.0 Å². The monoisotopic (exact) mass is 438 g/mol. The highest BCUT2D eigenvalue weighted by Crippen LogP contribution is 2.49. The van der Waals surface area contributed by atoms with Gasteiger partial charge in [-0.1, -0.05) is 12.1 Å². The maximum absolute atomic E-state index is 12.1. The second-order valence-corrected chi connectivity index (χ2v) is 8.72. The van der Waals surface area contributed by atoms with E-state index in [0.717, 1.165) is 11.3 Å². The predicted molar refractivity (Wildman–Crippen MR) is 107 cm³/mol. The summed E-state index contributed by atoms with van der Waals surface area (Å²) < 4.78 is 35.1. The van der Waals surface area contributed by atoms with Crippen LogP contribution in [0.25, 0.3) is 0 Å². The third-order valence-electron chi connectivity index (χ3n) is 5.34. The molecule has 10 nitrogen and oxygen atoms in total. The van der Waals surface area contributed by atoms with Crippen molar-refractivity contribution in [2.45, 2.75) is 69.9 Å². The zero-order chi connectivity index (χ0) is 22.3. The molecule has 1 aromatic carbocycles. The van der Waals surface area contributed by atoms with Crippen molar-refractivity contribution in [2.24, 2.45) is 0 Å². The Bertz CT molecular complexity index is 799. The molecular weight excluding hydrogens is 408 g/mol. The number of nitrogens with one attached hydrogen (secondary N) is 2. The lowest BCUT2D eigenvalue weighted by Gasteiger charge is -2.30. The Labute approximate surface area is 181 Å². The maximum Gasteiger partial charge on any atom is 0.338 e. The van der Waals surface area contributed by atoms with Gasteiger partial charge in [0.2, 0.25) is 5.79 Å². The van der Waals surface area contributed by atoms with Crippen LogP contribution in [0.1, 0.15) is 33.3 Å². The van der Waals surface area contributed by atoms with Crippen LogP contribution < -0.4 is 15.5 Å². The quantitative estimate of drug-likeness (QED) is 0.648. The average molecular weight is 438 g/mol. The first kappa shape index (κ1) is 22.3. The van der Waals surface area contributed by atoms with Crippen molar-refractivity contribution in [3.05, 3.63) is 29.8 Å². The van der Waals surface area contributed by atoms with Crippen molar-refractivity contribution in [3.8, 4) is 5.75 Å². The SMILES string of the molecule is COc1ccc(CNC(=O)NOC[C@H]2O[C@]3(COC(C)(C)O3)[C@@H]3OC(C)(C)O[C@@H]32)cc1. The first-order valence-corrected chi connectivity index (χ1v) is 10.3. The molecule has 0 aromatic heterocycles. The molecule has 10 heteroatoms. The number of ether oxygens (including phenoxy) is 6. The number of rotatable bonds is 6. The van der Waals surface area contributed by atoms with Gasteiger partial charge in [0.1, 0.15) is 37.3 Å². The number of carbonyl (C=O) groups is 1. The summed E-state index contributed by atoms with van der Waals surface area (Å²) >= 11 is 0. The highest BCUT2D eigenvalue weighted by Gasteiger charge is 2.67. The van der Waals surface area contributed by atoms with Crippen LogP contribution in [0.2, 0.25) is 0 Å². The van der Waals surface area contributed by atoms with Gasteiger partial charge in [0, 0.05) is 6.54 Å². The fourth-order valence-corrected chi connectivity index (χ4v) is 4.02. The molecular formula is C21H30N2O8. The number of hydrogen-bond donors (Lipinski definition) is 2. The van der Waals surface area contributed by atoms with Gasteiger partial charge in [0.15, 0.2) is 11.6 Å².